The minimum Gasteiger partial charge on any atom is -0.369 e. The predicted octanol–water partition coefficient (Wildman–Crippen LogP) is 1.43. The number of carbonyl (C=O) groups excluding carboxylic acids is 1. The summed E-state index contributed by atoms with van der Waals surface area (Å²) in [7, 11) is -2.22. The van der Waals surface area contributed by atoms with Crippen LogP contribution in [0.15, 0.2) is 35.5 Å². The third-order valence-electron chi connectivity index (χ3n) is 5.16. The van der Waals surface area contributed by atoms with Crippen LogP contribution in [0.4, 0.5) is 5.69 Å². The van der Waals surface area contributed by atoms with Crippen molar-refractivity contribution in [1.82, 2.24) is 19.0 Å². The average Bonchev–Trinajstić information content (AvgIpc) is 3.27. The van der Waals surface area contributed by atoms with Crippen LogP contribution >= 0.6 is 11.6 Å². The molecule has 0 saturated carbocycles. The van der Waals surface area contributed by atoms with E-state index in [9.17, 15) is 13.2 Å². The lowest BCUT2D eigenvalue weighted by molar-refractivity contribution is 0.0872. The molecule has 0 spiro atoms. The fourth-order valence-electron chi connectivity index (χ4n) is 3.44. The van der Waals surface area contributed by atoms with E-state index in [0.29, 0.717) is 37.7 Å². The molecule has 1 atom stereocenters. The molecule has 2 aliphatic heterocycles. The van der Waals surface area contributed by atoms with Gasteiger partial charge in [0, 0.05) is 62.7 Å². The van der Waals surface area contributed by atoms with Gasteiger partial charge in [-0.15, -0.1) is 0 Å². The van der Waals surface area contributed by atoms with Crippen molar-refractivity contribution in [2.45, 2.75) is 18.0 Å². The lowest BCUT2D eigenvalue weighted by Crippen LogP contribution is -2.49. The molecule has 2 saturated heterocycles. The van der Waals surface area contributed by atoms with Crippen molar-refractivity contribution in [2.24, 2.45) is 7.05 Å². The molecule has 0 bridgehead atoms. The average molecular weight is 424 g/mol. The van der Waals surface area contributed by atoms with Gasteiger partial charge in [0.25, 0.3) is 15.9 Å². The second kappa shape index (κ2) is 7.06. The van der Waals surface area contributed by atoms with E-state index in [4.69, 9.17) is 11.6 Å². The first-order valence-electron chi connectivity index (χ1n) is 9.12. The predicted molar refractivity (Wildman–Crippen MR) is 106 cm³/mol. The van der Waals surface area contributed by atoms with E-state index in [-0.39, 0.29) is 22.5 Å². The highest BCUT2D eigenvalue weighted by atomic mass is 35.5. The molecule has 8 nitrogen and oxygen atoms in total. The van der Waals surface area contributed by atoms with Crippen LogP contribution in [-0.2, 0) is 17.1 Å². The van der Waals surface area contributed by atoms with Crippen molar-refractivity contribution in [3.05, 3.63) is 41.0 Å². The monoisotopic (exact) mass is 423 g/mol. The molecule has 1 aromatic carbocycles. The molecule has 28 heavy (non-hydrogen) atoms. The number of anilines is 1. The van der Waals surface area contributed by atoms with Gasteiger partial charge in [-0.2, -0.15) is 9.40 Å². The molecule has 1 aromatic heterocycles. The Bertz CT molecular complexity index is 997. The van der Waals surface area contributed by atoms with E-state index in [1.54, 1.807) is 11.9 Å². The van der Waals surface area contributed by atoms with Gasteiger partial charge in [0.05, 0.1) is 5.56 Å². The summed E-state index contributed by atoms with van der Waals surface area (Å²) in [5.41, 5.74) is 1.15. The highest BCUT2D eigenvalue weighted by molar-refractivity contribution is 7.89. The standard InChI is InChI=1S/C18H22ClN5O3S/c1-13-11-24(13)18(25)16-12-21(2)20-17(16)28(26,27)23-9-7-22(8-10-23)15-5-3-14(19)4-6-15/h3-6,12-13H,7-11H2,1-2H3/t13-,24?/m1/s1. The Balaban J connectivity index is 1.52. The van der Waals surface area contributed by atoms with Gasteiger partial charge in [-0.05, 0) is 31.2 Å². The van der Waals surface area contributed by atoms with E-state index < -0.39 is 10.0 Å². The van der Waals surface area contributed by atoms with Crippen molar-refractivity contribution in [1.29, 1.82) is 0 Å². The highest BCUT2D eigenvalue weighted by Crippen LogP contribution is 2.27. The summed E-state index contributed by atoms with van der Waals surface area (Å²) in [4.78, 5) is 16.4. The van der Waals surface area contributed by atoms with Crippen LogP contribution in [0.3, 0.4) is 0 Å². The number of amides is 1. The van der Waals surface area contributed by atoms with E-state index in [1.807, 2.05) is 31.2 Å². The van der Waals surface area contributed by atoms with Gasteiger partial charge in [0.1, 0.15) is 0 Å². The van der Waals surface area contributed by atoms with Gasteiger partial charge in [-0.1, -0.05) is 11.6 Å². The quantitative estimate of drug-likeness (QED) is 0.695. The molecule has 2 fully saturated rings. The highest BCUT2D eigenvalue weighted by Gasteiger charge is 2.40. The summed E-state index contributed by atoms with van der Waals surface area (Å²) in [5, 5.41) is 4.62. The van der Waals surface area contributed by atoms with E-state index >= 15 is 0 Å². The van der Waals surface area contributed by atoms with Crippen LogP contribution in [0.25, 0.3) is 0 Å². The molecule has 10 heteroatoms. The molecule has 4 rings (SSSR count). The lowest BCUT2D eigenvalue weighted by Gasteiger charge is -2.35. The molecule has 0 unspecified atom stereocenters. The first-order chi connectivity index (χ1) is 13.3. The zero-order valence-corrected chi connectivity index (χ0v) is 17.3. The summed E-state index contributed by atoms with van der Waals surface area (Å²) in [5.74, 6) is -0.279. The first kappa shape index (κ1) is 19.2. The molecular formula is C18H22ClN5O3S. The largest absolute Gasteiger partial charge is 0.369 e. The number of aryl methyl sites for hydroxylation is 1. The number of piperazine rings is 1. The van der Waals surface area contributed by atoms with Crippen LogP contribution in [0.2, 0.25) is 5.02 Å². The Morgan fingerprint density at radius 1 is 1.14 bits per heavy atom. The maximum Gasteiger partial charge on any atom is 0.263 e. The Morgan fingerprint density at radius 3 is 2.32 bits per heavy atom. The maximum absolute atomic E-state index is 13.2. The Morgan fingerprint density at radius 2 is 1.75 bits per heavy atom. The minimum absolute atomic E-state index is 0.145. The summed E-state index contributed by atoms with van der Waals surface area (Å²) in [6.07, 6.45) is 1.49. The van der Waals surface area contributed by atoms with Gasteiger partial charge in [-0.3, -0.25) is 9.48 Å². The molecule has 2 aliphatic rings. The second-order valence-electron chi connectivity index (χ2n) is 7.20. The zero-order valence-electron chi connectivity index (χ0n) is 15.7. The van der Waals surface area contributed by atoms with Gasteiger partial charge in [0.2, 0.25) is 5.03 Å². The maximum atomic E-state index is 13.2. The number of benzene rings is 1. The molecule has 0 N–H and O–H groups in total. The molecule has 2 aromatic rings. The fraction of sp³-hybridized carbons (Fsp3) is 0.444. The van der Waals surface area contributed by atoms with Gasteiger partial charge in [-0.25, -0.2) is 8.42 Å². The first-order valence-corrected chi connectivity index (χ1v) is 10.9. The Kier molecular flexibility index (Phi) is 4.84. The molecule has 0 radical (unpaired) electrons. The summed E-state index contributed by atoms with van der Waals surface area (Å²) >= 11 is 5.93. The summed E-state index contributed by atoms with van der Waals surface area (Å²) in [6.45, 7) is 4.34. The van der Waals surface area contributed by atoms with Crippen molar-refractivity contribution in [3.63, 3.8) is 0 Å². The summed E-state index contributed by atoms with van der Waals surface area (Å²) in [6, 6.07) is 7.63. The van der Waals surface area contributed by atoms with E-state index in [0.717, 1.165) is 5.69 Å². The van der Waals surface area contributed by atoms with Crippen molar-refractivity contribution in [2.75, 3.05) is 37.6 Å². The second-order valence-corrected chi connectivity index (χ2v) is 9.49. The molecule has 1 amide bonds. The minimum atomic E-state index is -3.85. The Hall–Kier alpha value is -2.10. The third-order valence-corrected chi connectivity index (χ3v) is 7.25. The summed E-state index contributed by atoms with van der Waals surface area (Å²) < 4.78 is 29.2. The number of sulfonamides is 1. The molecule has 3 heterocycles. The topological polar surface area (TPSA) is 78.5 Å². The number of hydrogen-bond donors (Lipinski definition) is 0. The zero-order chi connectivity index (χ0) is 20.1. The normalized spacial score (nSPS) is 20.5. The number of carbonyl (C=O) groups is 1. The van der Waals surface area contributed by atoms with Gasteiger partial charge < -0.3 is 9.80 Å². The Labute approximate surface area is 169 Å². The van der Waals surface area contributed by atoms with Crippen LogP contribution in [0.1, 0.15) is 17.3 Å². The van der Waals surface area contributed by atoms with Crippen molar-refractivity contribution in [3.8, 4) is 0 Å². The van der Waals surface area contributed by atoms with Crippen LogP contribution in [0.5, 0.6) is 0 Å². The lowest BCUT2D eigenvalue weighted by atomic mass is 10.2. The smallest absolute Gasteiger partial charge is 0.263 e. The molecule has 150 valence electrons. The van der Waals surface area contributed by atoms with Crippen LogP contribution in [-0.4, -0.2) is 72.1 Å². The van der Waals surface area contributed by atoms with Crippen molar-refractivity contribution >= 4 is 33.2 Å². The van der Waals surface area contributed by atoms with Crippen molar-refractivity contribution < 1.29 is 13.2 Å². The number of nitrogens with zero attached hydrogens (tertiary/aromatic N) is 5. The van der Waals surface area contributed by atoms with E-state index in [1.165, 1.54) is 15.2 Å². The number of hydrogen-bond acceptors (Lipinski definition) is 5. The van der Waals surface area contributed by atoms with Crippen LogP contribution < -0.4 is 4.90 Å². The number of halogens is 1. The number of aromatic nitrogens is 2. The number of rotatable bonds is 4. The van der Waals surface area contributed by atoms with Gasteiger partial charge in [0.15, 0.2) is 0 Å². The SMILES string of the molecule is C[C@@H]1CN1C(=O)c1cn(C)nc1S(=O)(=O)N1CCN(c2ccc(Cl)cc2)CC1. The van der Waals surface area contributed by atoms with E-state index in [2.05, 4.69) is 10.00 Å². The third kappa shape index (κ3) is 3.49. The van der Waals surface area contributed by atoms with Gasteiger partial charge >= 0.3 is 0 Å². The van der Waals surface area contributed by atoms with Crippen LogP contribution in [0, 0.1) is 0 Å². The molecular weight excluding hydrogens is 402 g/mol. The fourth-order valence-corrected chi connectivity index (χ4v) is 5.11. The molecule has 0 aliphatic carbocycles.